The smallest absolute Gasteiger partial charge is 0.288 e. The molecule has 0 amide bonds. The third kappa shape index (κ3) is 2.83. The molecule has 0 heterocycles. The van der Waals surface area contributed by atoms with Crippen molar-refractivity contribution in [1.82, 2.24) is 0 Å². The van der Waals surface area contributed by atoms with Gasteiger partial charge in [0, 0.05) is 0 Å². The van der Waals surface area contributed by atoms with Gasteiger partial charge in [-0.05, 0) is 0 Å². The fraction of sp³-hybridized carbons (Fsp3) is 1.00. The lowest BCUT2D eigenvalue weighted by Crippen LogP contribution is -2.78. The number of alkyl halides is 17. The molecule has 0 saturated carbocycles. The molecule has 0 aliphatic rings. The third-order valence-electron chi connectivity index (χ3n) is 2.81. The molecule has 0 aromatic heterocycles. The highest BCUT2D eigenvalue weighted by molar-refractivity contribution is 5.15. The van der Waals surface area contributed by atoms with Crippen molar-refractivity contribution in [3.05, 3.63) is 0 Å². The van der Waals surface area contributed by atoms with Crippen LogP contribution < -0.4 is 5.73 Å². The first-order chi connectivity index (χ1) is 10.8. The Kier molecular flexibility index (Phi) is 5.37. The van der Waals surface area contributed by atoms with Crippen LogP contribution in [0.3, 0.4) is 0 Å². The highest BCUT2D eigenvalue weighted by Gasteiger charge is 2.94. The molecule has 0 fully saturated rings. The quantitative estimate of drug-likeness (QED) is 0.482. The molecular formula is C8H2F17N. The Morgan fingerprint density at radius 1 is 0.308 bits per heavy atom. The van der Waals surface area contributed by atoms with Gasteiger partial charge in [-0.1, -0.05) is 0 Å². The van der Waals surface area contributed by atoms with Gasteiger partial charge in [0.1, 0.15) is 0 Å². The summed E-state index contributed by atoms with van der Waals surface area (Å²) in [7, 11) is 0. The molecule has 0 aliphatic carbocycles. The molecule has 1 atom stereocenters. The van der Waals surface area contributed by atoms with Crippen LogP contribution >= 0.6 is 0 Å². The summed E-state index contributed by atoms with van der Waals surface area (Å²) in [5, 5.41) is 0. The van der Waals surface area contributed by atoms with Crippen LogP contribution in [0.4, 0.5) is 74.6 Å². The van der Waals surface area contributed by atoms with Gasteiger partial charge < -0.3 is 0 Å². The predicted octanol–water partition coefficient (Wildman–Crippen LogP) is 4.91. The van der Waals surface area contributed by atoms with Crippen molar-refractivity contribution in [3.8, 4) is 0 Å². The lowest BCUT2D eigenvalue weighted by molar-refractivity contribution is -0.450. The van der Waals surface area contributed by atoms with Gasteiger partial charge in [0.25, 0.3) is 0 Å². The Bertz CT molecular complexity index is 474. The molecule has 0 bridgehead atoms. The monoisotopic (exact) mass is 435 g/mol. The maximum Gasteiger partial charge on any atom is 0.460 e. The molecule has 0 rings (SSSR count). The Balaban J connectivity index is 6.61. The van der Waals surface area contributed by atoms with Crippen LogP contribution in [0, 0.1) is 0 Å². The minimum atomic E-state index is -8.47. The first kappa shape index (κ1) is 24.8. The first-order valence-electron chi connectivity index (χ1n) is 5.25. The van der Waals surface area contributed by atoms with Crippen LogP contribution in [0.25, 0.3) is 0 Å². The summed E-state index contributed by atoms with van der Waals surface area (Å²) in [5.74, 6) is -48.6. The second-order valence-corrected chi connectivity index (χ2v) is 4.58. The highest BCUT2D eigenvalue weighted by Crippen LogP contribution is 2.62. The maximum atomic E-state index is 13.1. The Hall–Kier alpha value is -1.23. The Morgan fingerprint density at radius 2 is 0.538 bits per heavy atom. The van der Waals surface area contributed by atoms with E-state index in [1.54, 1.807) is 0 Å². The van der Waals surface area contributed by atoms with E-state index in [-0.39, 0.29) is 0 Å². The molecule has 0 aromatic carbocycles. The summed E-state index contributed by atoms with van der Waals surface area (Å²) < 4.78 is 211. The van der Waals surface area contributed by atoms with Gasteiger partial charge in [0.15, 0.2) is 0 Å². The van der Waals surface area contributed by atoms with Crippen molar-refractivity contribution in [2.75, 3.05) is 0 Å². The second-order valence-electron chi connectivity index (χ2n) is 4.58. The number of hydrogen-bond donors (Lipinski definition) is 1. The minimum absolute atomic E-state index is 3.07. The zero-order valence-corrected chi connectivity index (χ0v) is 11.0. The molecule has 0 aromatic rings. The zero-order valence-electron chi connectivity index (χ0n) is 11.0. The average Bonchev–Trinajstić information content (AvgIpc) is 2.34. The molecule has 158 valence electrons. The van der Waals surface area contributed by atoms with Crippen LogP contribution in [-0.4, -0.2) is 47.8 Å². The van der Waals surface area contributed by atoms with Gasteiger partial charge in [0.05, 0.1) is 0 Å². The molecule has 1 nitrogen and oxygen atoms in total. The van der Waals surface area contributed by atoms with Crippen LogP contribution in [0.2, 0.25) is 0 Å². The van der Waals surface area contributed by atoms with Crippen molar-refractivity contribution >= 4 is 0 Å². The van der Waals surface area contributed by atoms with E-state index in [0.717, 1.165) is 0 Å². The van der Waals surface area contributed by atoms with Gasteiger partial charge in [-0.25, -0.2) is 4.39 Å². The summed E-state index contributed by atoms with van der Waals surface area (Å²) in [6, 6.07) is 0. The van der Waals surface area contributed by atoms with E-state index in [1.165, 1.54) is 0 Å². The molecule has 0 saturated heterocycles. The lowest BCUT2D eigenvalue weighted by atomic mass is 9.88. The second kappa shape index (κ2) is 5.63. The van der Waals surface area contributed by atoms with Gasteiger partial charge in [-0.3, -0.25) is 5.73 Å². The van der Waals surface area contributed by atoms with E-state index >= 15 is 0 Å². The first-order valence-corrected chi connectivity index (χ1v) is 5.25. The van der Waals surface area contributed by atoms with E-state index in [2.05, 4.69) is 5.73 Å². The maximum absolute atomic E-state index is 13.1. The number of nitrogens with two attached hydrogens (primary N) is 1. The predicted molar refractivity (Wildman–Crippen MR) is 44.9 cm³/mol. The summed E-state index contributed by atoms with van der Waals surface area (Å²) >= 11 is 0. The van der Waals surface area contributed by atoms with Crippen molar-refractivity contribution in [1.29, 1.82) is 0 Å². The molecule has 1 unspecified atom stereocenters. The van der Waals surface area contributed by atoms with Gasteiger partial charge in [-0.2, -0.15) is 70.2 Å². The van der Waals surface area contributed by atoms with E-state index in [4.69, 9.17) is 0 Å². The number of rotatable bonds is 5. The molecular weight excluding hydrogens is 433 g/mol. The molecule has 0 spiro atoms. The van der Waals surface area contributed by atoms with Crippen LogP contribution in [0.15, 0.2) is 0 Å². The SMILES string of the molecule is NC(F)(C(F)(F)C(F)(F)F)C(F)(F)C(F)(F)C(F)(F)C(F)(F)C(F)(F)F. The van der Waals surface area contributed by atoms with Gasteiger partial charge >= 0.3 is 47.8 Å². The third-order valence-corrected chi connectivity index (χ3v) is 2.81. The molecule has 0 radical (unpaired) electrons. The Morgan fingerprint density at radius 3 is 0.769 bits per heavy atom. The molecule has 0 aliphatic heterocycles. The Labute approximate surface area is 129 Å². The zero-order chi connectivity index (χ0) is 22.0. The fourth-order valence-electron chi connectivity index (χ4n) is 1.20. The van der Waals surface area contributed by atoms with E-state index in [9.17, 15) is 74.6 Å². The van der Waals surface area contributed by atoms with Gasteiger partial charge in [-0.15, -0.1) is 0 Å². The summed E-state index contributed by atoms with van der Waals surface area (Å²) in [5.41, 5.74) is 3.07. The van der Waals surface area contributed by atoms with Crippen molar-refractivity contribution in [3.63, 3.8) is 0 Å². The van der Waals surface area contributed by atoms with Crippen molar-refractivity contribution < 1.29 is 74.6 Å². The standard InChI is InChI=1S/C8H2F17N/c9-1(10,2(11,12)4(15,16)7(20,21)22)3(13,14)6(19,26)5(17,18)8(23,24)25/h26H2. The van der Waals surface area contributed by atoms with Crippen LogP contribution in [-0.2, 0) is 0 Å². The van der Waals surface area contributed by atoms with Crippen molar-refractivity contribution in [2.45, 2.75) is 47.8 Å². The summed E-state index contributed by atoms with van der Waals surface area (Å²) in [6.07, 6.45) is -15.3. The number of halogens is 17. The average molecular weight is 435 g/mol. The van der Waals surface area contributed by atoms with Crippen molar-refractivity contribution in [2.24, 2.45) is 5.73 Å². The summed E-state index contributed by atoms with van der Waals surface area (Å²) in [4.78, 5) is 0. The van der Waals surface area contributed by atoms with Crippen LogP contribution in [0.5, 0.6) is 0 Å². The highest BCUT2D eigenvalue weighted by atomic mass is 19.4. The lowest BCUT2D eigenvalue weighted by Gasteiger charge is -2.43. The topological polar surface area (TPSA) is 26.0 Å². The minimum Gasteiger partial charge on any atom is -0.288 e. The van der Waals surface area contributed by atoms with E-state index in [0.29, 0.717) is 0 Å². The normalized spacial score (nSPS) is 18.7. The fourth-order valence-corrected chi connectivity index (χ4v) is 1.20. The molecule has 26 heavy (non-hydrogen) atoms. The largest absolute Gasteiger partial charge is 0.460 e. The summed E-state index contributed by atoms with van der Waals surface area (Å²) in [6.45, 7) is 0. The van der Waals surface area contributed by atoms with Gasteiger partial charge in [0.2, 0.25) is 0 Å². The van der Waals surface area contributed by atoms with E-state index in [1.807, 2.05) is 0 Å². The van der Waals surface area contributed by atoms with E-state index < -0.39 is 47.8 Å². The molecule has 18 heteroatoms. The number of hydrogen-bond acceptors (Lipinski definition) is 1. The van der Waals surface area contributed by atoms with Crippen LogP contribution in [0.1, 0.15) is 0 Å². The molecule has 2 N–H and O–H groups in total.